The van der Waals surface area contributed by atoms with E-state index in [9.17, 15) is 14.7 Å². The molecule has 4 rings (SSSR count). The first-order chi connectivity index (χ1) is 12.6. The normalized spacial score (nSPS) is 14.9. The Morgan fingerprint density at radius 2 is 1.92 bits per heavy atom. The molecule has 1 aromatic heterocycles. The number of rotatable bonds is 6. The van der Waals surface area contributed by atoms with Crippen LogP contribution in [0.15, 0.2) is 48.5 Å². The van der Waals surface area contributed by atoms with E-state index in [1.54, 1.807) is 6.07 Å². The van der Waals surface area contributed by atoms with Crippen molar-refractivity contribution in [2.45, 2.75) is 31.2 Å². The van der Waals surface area contributed by atoms with E-state index >= 15 is 0 Å². The molecule has 0 saturated heterocycles. The number of H-pyrrole nitrogens is 1. The predicted molar refractivity (Wildman–Crippen MR) is 97.0 cm³/mol. The number of hydrogen-bond acceptors (Lipinski definition) is 3. The van der Waals surface area contributed by atoms with Crippen LogP contribution in [0.2, 0.25) is 0 Å². The van der Waals surface area contributed by atoms with Gasteiger partial charge in [-0.2, -0.15) is 5.10 Å². The van der Waals surface area contributed by atoms with Crippen molar-refractivity contribution in [3.63, 3.8) is 0 Å². The van der Waals surface area contributed by atoms with E-state index in [-0.39, 0.29) is 12.3 Å². The lowest BCUT2D eigenvalue weighted by atomic mass is 9.99. The van der Waals surface area contributed by atoms with Gasteiger partial charge in [0.1, 0.15) is 5.69 Å². The van der Waals surface area contributed by atoms with Gasteiger partial charge < -0.3 is 10.4 Å². The van der Waals surface area contributed by atoms with E-state index in [0.717, 1.165) is 34.9 Å². The van der Waals surface area contributed by atoms with Gasteiger partial charge in [0.15, 0.2) is 0 Å². The topological polar surface area (TPSA) is 95.1 Å². The zero-order valence-electron chi connectivity index (χ0n) is 14.1. The van der Waals surface area contributed by atoms with Crippen molar-refractivity contribution in [2.24, 2.45) is 0 Å². The molecule has 6 nitrogen and oxygen atoms in total. The zero-order valence-corrected chi connectivity index (χ0v) is 14.1. The summed E-state index contributed by atoms with van der Waals surface area (Å²) < 4.78 is 0. The molecule has 1 aliphatic rings. The van der Waals surface area contributed by atoms with Gasteiger partial charge in [0, 0.05) is 11.6 Å². The molecule has 2 aromatic carbocycles. The number of nitrogens with zero attached hydrogens (tertiary/aromatic N) is 1. The average molecular weight is 349 g/mol. The fourth-order valence-corrected chi connectivity index (χ4v) is 3.14. The van der Waals surface area contributed by atoms with Gasteiger partial charge in [0.2, 0.25) is 0 Å². The molecule has 132 valence electrons. The van der Waals surface area contributed by atoms with Crippen LogP contribution in [0.1, 0.15) is 53.0 Å². The summed E-state index contributed by atoms with van der Waals surface area (Å²) in [7, 11) is 0. The van der Waals surface area contributed by atoms with Crippen molar-refractivity contribution in [1.82, 2.24) is 15.5 Å². The minimum absolute atomic E-state index is 0.190. The standard InChI is InChI=1S/C20H19N3O3/c24-19(25)11-16(15-8-5-12-3-1-2-4-14(12)9-15)21-20(26)18-10-17(22-23-18)13-6-7-13/h1-5,8-10,13,16H,6-7,11H2,(H,21,26)(H,22,23)(H,24,25)/t16-/m0/s1. The maximum Gasteiger partial charge on any atom is 0.305 e. The minimum Gasteiger partial charge on any atom is -0.481 e. The van der Waals surface area contributed by atoms with Gasteiger partial charge in [-0.15, -0.1) is 0 Å². The van der Waals surface area contributed by atoms with Crippen molar-refractivity contribution >= 4 is 22.6 Å². The van der Waals surface area contributed by atoms with Crippen LogP contribution in [0.25, 0.3) is 10.8 Å². The lowest BCUT2D eigenvalue weighted by molar-refractivity contribution is -0.137. The number of carbonyl (C=O) groups is 2. The first-order valence-corrected chi connectivity index (χ1v) is 8.67. The van der Waals surface area contributed by atoms with Crippen LogP contribution in [0.4, 0.5) is 0 Å². The third-order valence-corrected chi connectivity index (χ3v) is 4.71. The smallest absolute Gasteiger partial charge is 0.305 e. The fraction of sp³-hybridized carbons (Fsp3) is 0.250. The van der Waals surface area contributed by atoms with E-state index in [1.165, 1.54) is 0 Å². The third-order valence-electron chi connectivity index (χ3n) is 4.71. The highest BCUT2D eigenvalue weighted by atomic mass is 16.4. The van der Waals surface area contributed by atoms with E-state index in [4.69, 9.17) is 0 Å². The van der Waals surface area contributed by atoms with Crippen molar-refractivity contribution in [1.29, 1.82) is 0 Å². The summed E-state index contributed by atoms with van der Waals surface area (Å²) in [5.74, 6) is -0.865. The summed E-state index contributed by atoms with van der Waals surface area (Å²) in [6.07, 6.45) is 2.04. The summed E-state index contributed by atoms with van der Waals surface area (Å²) in [5, 5.41) is 21.1. The second-order valence-corrected chi connectivity index (χ2v) is 6.71. The van der Waals surface area contributed by atoms with Crippen LogP contribution in [0.5, 0.6) is 0 Å². The molecule has 1 heterocycles. The van der Waals surface area contributed by atoms with E-state index in [0.29, 0.717) is 11.6 Å². The van der Waals surface area contributed by atoms with Crippen LogP contribution in [-0.4, -0.2) is 27.2 Å². The van der Waals surface area contributed by atoms with Crippen molar-refractivity contribution in [2.75, 3.05) is 0 Å². The summed E-state index contributed by atoms with van der Waals surface area (Å²) in [5.41, 5.74) is 2.02. The molecular formula is C20H19N3O3. The highest BCUT2D eigenvalue weighted by molar-refractivity contribution is 5.93. The van der Waals surface area contributed by atoms with Crippen LogP contribution < -0.4 is 5.32 Å². The number of carboxylic acids is 1. The largest absolute Gasteiger partial charge is 0.481 e. The lowest BCUT2D eigenvalue weighted by Crippen LogP contribution is -2.30. The van der Waals surface area contributed by atoms with Gasteiger partial charge in [0.25, 0.3) is 5.91 Å². The molecule has 3 N–H and O–H groups in total. The van der Waals surface area contributed by atoms with Crippen LogP contribution in [0.3, 0.4) is 0 Å². The molecule has 6 heteroatoms. The maximum absolute atomic E-state index is 12.5. The first-order valence-electron chi connectivity index (χ1n) is 8.67. The Morgan fingerprint density at radius 3 is 2.65 bits per heavy atom. The number of benzene rings is 2. The number of aromatic nitrogens is 2. The molecule has 0 aliphatic heterocycles. The number of amides is 1. The number of carbonyl (C=O) groups excluding carboxylic acids is 1. The SMILES string of the molecule is O=C(O)C[C@H](NC(=O)c1cc(C2CC2)[nH]n1)c1ccc2ccccc2c1. The quantitative estimate of drug-likeness (QED) is 0.636. The Labute approximate surface area is 150 Å². The fourth-order valence-electron chi connectivity index (χ4n) is 3.14. The number of aliphatic carboxylic acids is 1. The van der Waals surface area contributed by atoms with E-state index in [1.807, 2.05) is 42.5 Å². The van der Waals surface area contributed by atoms with Gasteiger partial charge >= 0.3 is 5.97 Å². The Hall–Kier alpha value is -3.15. The first kappa shape index (κ1) is 16.3. The Bertz CT molecular complexity index is 975. The summed E-state index contributed by atoms with van der Waals surface area (Å²) >= 11 is 0. The molecule has 1 atom stereocenters. The van der Waals surface area contributed by atoms with E-state index in [2.05, 4.69) is 15.5 Å². The predicted octanol–water partition coefficient (Wildman–Crippen LogP) is 3.39. The monoisotopic (exact) mass is 349 g/mol. The Balaban J connectivity index is 1.58. The third kappa shape index (κ3) is 3.44. The van der Waals surface area contributed by atoms with Crippen LogP contribution >= 0.6 is 0 Å². The lowest BCUT2D eigenvalue weighted by Gasteiger charge is -2.17. The number of aromatic amines is 1. The van der Waals surface area contributed by atoms with Gasteiger partial charge in [-0.1, -0.05) is 36.4 Å². The summed E-state index contributed by atoms with van der Waals surface area (Å²) in [6.45, 7) is 0. The van der Waals surface area contributed by atoms with Crippen molar-refractivity contribution in [3.8, 4) is 0 Å². The minimum atomic E-state index is -0.968. The molecule has 1 fully saturated rings. The molecule has 0 spiro atoms. The number of fused-ring (bicyclic) bond motifs is 1. The van der Waals surface area contributed by atoms with Crippen LogP contribution in [0, 0.1) is 0 Å². The van der Waals surface area contributed by atoms with Gasteiger partial charge in [0.05, 0.1) is 12.5 Å². The van der Waals surface area contributed by atoms with Crippen molar-refractivity contribution < 1.29 is 14.7 Å². The second-order valence-electron chi connectivity index (χ2n) is 6.71. The molecule has 1 aliphatic carbocycles. The number of hydrogen-bond donors (Lipinski definition) is 3. The molecule has 0 radical (unpaired) electrons. The molecule has 1 saturated carbocycles. The van der Waals surface area contributed by atoms with Gasteiger partial charge in [-0.05, 0) is 41.3 Å². The average Bonchev–Trinajstić information content (AvgIpc) is 3.37. The highest BCUT2D eigenvalue weighted by Gasteiger charge is 2.27. The van der Waals surface area contributed by atoms with E-state index < -0.39 is 12.0 Å². The molecule has 1 amide bonds. The second kappa shape index (κ2) is 6.63. The molecule has 3 aromatic rings. The van der Waals surface area contributed by atoms with Crippen LogP contribution in [-0.2, 0) is 4.79 Å². The maximum atomic E-state index is 12.5. The zero-order chi connectivity index (χ0) is 18.1. The Kier molecular flexibility index (Phi) is 4.16. The summed E-state index contributed by atoms with van der Waals surface area (Å²) in [6, 6.07) is 14.7. The Morgan fingerprint density at radius 1 is 1.15 bits per heavy atom. The highest BCUT2D eigenvalue weighted by Crippen LogP contribution is 2.39. The molecule has 0 bridgehead atoms. The summed E-state index contributed by atoms with van der Waals surface area (Å²) in [4.78, 5) is 23.8. The molecule has 26 heavy (non-hydrogen) atoms. The number of carboxylic acid groups (broad SMARTS) is 1. The molecular weight excluding hydrogens is 330 g/mol. The van der Waals surface area contributed by atoms with Crippen molar-refractivity contribution in [3.05, 3.63) is 65.5 Å². The van der Waals surface area contributed by atoms with Gasteiger partial charge in [-0.25, -0.2) is 0 Å². The number of nitrogens with one attached hydrogen (secondary N) is 2. The van der Waals surface area contributed by atoms with Gasteiger partial charge in [-0.3, -0.25) is 14.7 Å². The molecule has 0 unspecified atom stereocenters.